The number of rotatable bonds is 3. The third kappa shape index (κ3) is 1.44. The lowest BCUT2D eigenvalue weighted by molar-refractivity contribution is -0.152. The second-order valence-corrected chi connectivity index (χ2v) is 7.20. The fourth-order valence-electron chi connectivity index (χ4n) is 5.47. The van der Waals surface area contributed by atoms with Crippen LogP contribution in [-0.2, 0) is 9.59 Å². The lowest BCUT2D eigenvalue weighted by Gasteiger charge is -2.39. The van der Waals surface area contributed by atoms with E-state index in [1.54, 1.807) is 0 Å². The minimum Gasteiger partial charge on any atom is -0.277 e. The van der Waals surface area contributed by atoms with Gasteiger partial charge in [-0.15, -0.1) is 0 Å². The average Bonchev–Trinajstić information content (AvgIpc) is 2.88. The number of barbiturate groups is 1. The van der Waals surface area contributed by atoms with Crippen molar-refractivity contribution in [1.29, 1.82) is 0 Å². The fraction of sp³-hybridized carbons (Fsp3) is 0.812. The van der Waals surface area contributed by atoms with Crippen LogP contribution in [0.1, 0.15) is 46.0 Å². The first kappa shape index (κ1) is 13.3. The molecule has 21 heavy (non-hydrogen) atoms. The molecule has 0 radical (unpaired) electrons. The zero-order valence-corrected chi connectivity index (χ0v) is 12.6. The summed E-state index contributed by atoms with van der Waals surface area (Å²) in [5.74, 6) is 1.76. The minimum absolute atomic E-state index is 0.0642. The summed E-state index contributed by atoms with van der Waals surface area (Å²) in [6.45, 7) is 3.71. The summed E-state index contributed by atoms with van der Waals surface area (Å²) in [5.41, 5.74) is -1.04. The number of urea groups is 1. The van der Waals surface area contributed by atoms with Gasteiger partial charge in [-0.25, -0.2) is 4.79 Å². The summed E-state index contributed by atoms with van der Waals surface area (Å²) in [6.07, 6.45) is 4.68. The molecule has 114 valence electrons. The van der Waals surface area contributed by atoms with Crippen molar-refractivity contribution in [2.75, 3.05) is 0 Å². The van der Waals surface area contributed by atoms with Crippen molar-refractivity contribution in [1.82, 2.24) is 10.2 Å². The van der Waals surface area contributed by atoms with Crippen LogP contribution < -0.4 is 5.32 Å². The van der Waals surface area contributed by atoms with Crippen LogP contribution >= 0.6 is 0 Å². The van der Waals surface area contributed by atoms with Crippen molar-refractivity contribution in [2.45, 2.75) is 52.0 Å². The first-order valence-corrected chi connectivity index (χ1v) is 8.24. The van der Waals surface area contributed by atoms with Crippen molar-refractivity contribution in [3.63, 3.8) is 0 Å². The van der Waals surface area contributed by atoms with Crippen LogP contribution in [0.3, 0.4) is 0 Å². The van der Waals surface area contributed by atoms with Crippen molar-refractivity contribution >= 4 is 17.8 Å². The molecular formula is C16H22N2O3. The second-order valence-electron chi connectivity index (χ2n) is 7.20. The standard InChI is InChI=1S/C16H22N2O3/c1-3-16(4-2)13(19)17-15(21)18(14(16)20)12-10-8-5-6-9(7-8)11(10)12/h8-12H,3-7H2,1-2H3,(H,17,19,21). The van der Waals surface area contributed by atoms with Gasteiger partial charge in [0.2, 0.25) is 11.8 Å². The minimum atomic E-state index is -1.04. The first-order chi connectivity index (χ1) is 10.0. The van der Waals surface area contributed by atoms with Gasteiger partial charge in [-0.05, 0) is 55.8 Å². The van der Waals surface area contributed by atoms with Crippen molar-refractivity contribution in [3.05, 3.63) is 0 Å². The van der Waals surface area contributed by atoms with Crippen LogP contribution in [-0.4, -0.2) is 28.8 Å². The van der Waals surface area contributed by atoms with Crippen molar-refractivity contribution in [2.24, 2.45) is 29.1 Å². The second kappa shape index (κ2) is 4.08. The molecule has 4 fully saturated rings. The van der Waals surface area contributed by atoms with E-state index in [2.05, 4.69) is 5.32 Å². The van der Waals surface area contributed by atoms with Crippen LogP contribution in [0.5, 0.6) is 0 Å². The molecule has 5 heteroatoms. The number of amides is 4. The molecule has 1 heterocycles. The molecule has 4 amide bonds. The Kier molecular flexibility index (Phi) is 2.58. The third-order valence-corrected chi connectivity index (χ3v) is 6.70. The van der Waals surface area contributed by atoms with E-state index in [9.17, 15) is 14.4 Å². The lowest BCUT2D eigenvalue weighted by Crippen LogP contribution is -2.64. The highest BCUT2D eigenvalue weighted by atomic mass is 16.2. The Hall–Kier alpha value is -1.39. The van der Waals surface area contributed by atoms with Gasteiger partial charge in [0, 0.05) is 6.04 Å². The molecule has 5 nitrogen and oxygen atoms in total. The van der Waals surface area contributed by atoms with E-state index in [4.69, 9.17) is 0 Å². The number of fused-ring (bicyclic) bond motifs is 5. The van der Waals surface area contributed by atoms with Crippen LogP contribution in [0.15, 0.2) is 0 Å². The Bertz CT molecular complexity index is 524. The molecule has 3 aliphatic carbocycles. The molecule has 2 bridgehead atoms. The van der Waals surface area contributed by atoms with Gasteiger partial charge in [0.25, 0.3) is 0 Å². The first-order valence-electron chi connectivity index (χ1n) is 8.24. The summed E-state index contributed by atoms with van der Waals surface area (Å²) >= 11 is 0. The lowest BCUT2D eigenvalue weighted by atomic mass is 9.78. The molecule has 0 aromatic heterocycles. The summed E-state index contributed by atoms with van der Waals surface area (Å²) in [7, 11) is 0. The predicted molar refractivity (Wildman–Crippen MR) is 75.0 cm³/mol. The van der Waals surface area contributed by atoms with Gasteiger partial charge in [-0.3, -0.25) is 19.8 Å². The van der Waals surface area contributed by atoms with Crippen LogP contribution in [0.25, 0.3) is 0 Å². The third-order valence-electron chi connectivity index (χ3n) is 6.70. The molecule has 3 saturated carbocycles. The predicted octanol–water partition coefficient (Wildman–Crippen LogP) is 1.92. The maximum atomic E-state index is 12.9. The van der Waals surface area contributed by atoms with E-state index in [0.717, 1.165) is 0 Å². The number of carbonyl (C=O) groups is 3. The van der Waals surface area contributed by atoms with Crippen molar-refractivity contribution < 1.29 is 14.4 Å². The molecular weight excluding hydrogens is 268 g/mol. The number of hydrogen-bond acceptors (Lipinski definition) is 3. The number of nitrogens with zero attached hydrogens (tertiary/aromatic N) is 1. The van der Waals surface area contributed by atoms with Gasteiger partial charge in [-0.2, -0.15) is 0 Å². The Morgan fingerprint density at radius 2 is 1.67 bits per heavy atom. The Morgan fingerprint density at radius 1 is 1.10 bits per heavy atom. The zero-order chi connectivity index (χ0) is 14.9. The molecule has 4 unspecified atom stereocenters. The highest BCUT2D eigenvalue weighted by Crippen LogP contribution is 2.67. The number of hydrogen-bond donors (Lipinski definition) is 1. The zero-order valence-electron chi connectivity index (χ0n) is 12.6. The highest BCUT2D eigenvalue weighted by molar-refractivity contribution is 6.19. The van der Waals surface area contributed by atoms with Gasteiger partial charge in [0.05, 0.1) is 0 Å². The summed E-state index contributed by atoms with van der Waals surface area (Å²) in [4.78, 5) is 38.8. The smallest absolute Gasteiger partial charge is 0.277 e. The highest BCUT2D eigenvalue weighted by Gasteiger charge is 2.70. The van der Waals surface area contributed by atoms with Crippen molar-refractivity contribution in [3.8, 4) is 0 Å². The number of nitrogens with one attached hydrogen (secondary N) is 1. The topological polar surface area (TPSA) is 66.5 Å². The normalized spacial score (nSPS) is 43.0. The average molecular weight is 290 g/mol. The summed E-state index contributed by atoms with van der Waals surface area (Å²) in [6, 6.07) is -0.421. The van der Waals surface area contributed by atoms with E-state index >= 15 is 0 Å². The Labute approximate surface area is 124 Å². The van der Waals surface area contributed by atoms with Crippen LogP contribution in [0.2, 0.25) is 0 Å². The van der Waals surface area contributed by atoms with Gasteiger partial charge in [0.15, 0.2) is 0 Å². The van der Waals surface area contributed by atoms with E-state index in [-0.39, 0.29) is 11.9 Å². The van der Waals surface area contributed by atoms with E-state index in [0.29, 0.717) is 36.5 Å². The quantitative estimate of drug-likeness (QED) is 0.807. The number of imide groups is 2. The number of carbonyl (C=O) groups excluding carboxylic acids is 3. The largest absolute Gasteiger partial charge is 0.331 e. The summed E-state index contributed by atoms with van der Waals surface area (Å²) < 4.78 is 0. The van der Waals surface area contributed by atoms with Gasteiger partial charge in [0.1, 0.15) is 5.41 Å². The van der Waals surface area contributed by atoms with Gasteiger partial charge in [-0.1, -0.05) is 13.8 Å². The molecule has 4 atom stereocenters. The Morgan fingerprint density at radius 3 is 2.19 bits per heavy atom. The molecule has 1 aliphatic heterocycles. The molecule has 4 rings (SSSR count). The van der Waals surface area contributed by atoms with Crippen LogP contribution in [0.4, 0.5) is 4.79 Å². The van der Waals surface area contributed by atoms with E-state index in [1.165, 1.54) is 24.2 Å². The monoisotopic (exact) mass is 290 g/mol. The molecule has 4 aliphatic rings. The maximum absolute atomic E-state index is 12.9. The van der Waals surface area contributed by atoms with E-state index < -0.39 is 17.4 Å². The molecule has 0 aromatic carbocycles. The van der Waals surface area contributed by atoms with E-state index in [1.807, 2.05) is 13.8 Å². The summed E-state index contributed by atoms with van der Waals surface area (Å²) in [5, 5.41) is 2.44. The fourth-order valence-corrected chi connectivity index (χ4v) is 5.47. The Balaban J connectivity index is 1.65. The molecule has 1 saturated heterocycles. The molecule has 0 aromatic rings. The molecule has 0 spiro atoms. The van der Waals surface area contributed by atoms with Gasteiger partial charge < -0.3 is 0 Å². The maximum Gasteiger partial charge on any atom is 0.331 e. The SMILES string of the molecule is CCC1(CC)C(=O)NC(=O)N(C2C3C4CCC(C4)C32)C1=O. The van der Waals surface area contributed by atoms with Crippen LogP contribution in [0, 0.1) is 29.1 Å². The van der Waals surface area contributed by atoms with Gasteiger partial charge >= 0.3 is 6.03 Å². The molecule has 1 N–H and O–H groups in total.